The number of halogens is 1. The van der Waals surface area contributed by atoms with Crippen molar-refractivity contribution < 1.29 is 0 Å². The van der Waals surface area contributed by atoms with E-state index < -0.39 is 0 Å². The summed E-state index contributed by atoms with van der Waals surface area (Å²) in [5, 5.41) is 0. The van der Waals surface area contributed by atoms with E-state index in [1.807, 2.05) is 6.07 Å². The van der Waals surface area contributed by atoms with E-state index in [1.54, 1.807) is 0 Å². The Labute approximate surface area is 86.9 Å². The lowest BCUT2D eigenvalue weighted by molar-refractivity contribution is 0.746. The molecule has 0 N–H and O–H groups in total. The van der Waals surface area contributed by atoms with Crippen LogP contribution in [0.5, 0.6) is 0 Å². The molecule has 2 heteroatoms. The Kier molecular flexibility index (Phi) is 4.77. The first-order valence-electron chi connectivity index (χ1n) is 4.63. The second-order valence-electron chi connectivity index (χ2n) is 3.68. The highest BCUT2D eigenvalue weighted by molar-refractivity contribution is 7.83. The molecule has 13 heavy (non-hydrogen) atoms. The second kappa shape index (κ2) is 5.62. The largest absolute Gasteiger partial charge is 0.0961 e. The van der Waals surface area contributed by atoms with Gasteiger partial charge in [-0.3, -0.25) is 0 Å². The van der Waals surface area contributed by atoms with Crippen LogP contribution in [0.1, 0.15) is 19.4 Å². The minimum atomic E-state index is -0.324. The quantitative estimate of drug-likeness (QED) is 0.649. The SMILES string of the molecule is CC(C)CP(Cl)Cc1ccccc1. The molecule has 0 amide bonds. The molecular formula is C11H16ClP. The lowest BCUT2D eigenvalue weighted by Crippen LogP contribution is -1.92. The highest BCUT2D eigenvalue weighted by Gasteiger charge is 2.07. The molecule has 0 aliphatic rings. The van der Waals surface area contributed by atoms with E-state index in [4.69, 9.17) is 11.2 Å². The van der Waals surface area contributed by atoms with Gasteiger partial charge in [-0.15, -0.1) is 0 Å². The summed E-state index contributed by atoms with van der Waals surface area (Å²) in [6.45, 7) is 4.45. The minimum absolute atomic E-state index is 0.324. The fraction of sp³-hybridized carbons (Fsp3) is 0.455. The first-order chi connectivity index (χ1) is 6.18. The van der Waals surface area contributed by atoms with Crippen molar-refractivity contribution >= 4 is 18.5 Å². The Balaban J connectivity index is 2.41. The Bertz CT molecular complexity index is 233. The topological polar surface area (TPSA) is 0 Å². The molecule has 0 saturated heterocycles. The normalized spacial score (nSPS) is 13.2. The van der Waals surface area contributed by atoms with Crippen LogP contribution in [0, 0.1) is 5.92 Å². The Hall–Kier alpha value is -0.0600. The molecule has 0 aromatic heterocycles. The molecule has 72 valence electrons. The van der Waals surface area contributed by atoms with Gasteiger partial charge in [0.05, 0.1) is 0 Å². The van der Waals surface area contributed by atoms with Gasteiger partial charge in [0.2, 0.25) is 0 Å². The number of hydrogen-bond acceptors (Lipinski definition) is 0. The lowest BCUT2D eigenvalue weighted by Gasteiger charge is -2.11. The van der Waals surface area contributed by atoms with Gasteiger partial charge in [0, 0.05) is 6.16 Å². The van der Waals surface area contributed by atoms with Crippen molar-refractivity contribution in [1.29, 1.82) is 0 Å². The van der Waals surface area contributed by atoms with E-state index in [0.29, 0.717) is 5.92 Å². The molecule has 1 aromatic rings. The third-order valence-corrected chi connectivity index (χ3v) is 4.37. The highest BCUT2D eigenvalue weighted by atomic mass is 35.7. The molecule has 0 fully saturated rings. The summed E-state index contributed by atoms with van der Waals surface area (Å²) in [4.78, 5) is 0. The Morgan fingerprint density at radius 3 is 2.38 bits per heavy atom. The average molecular weight is 215 g/mol. The standard InChI is InChI=1S/C11H16ClP/c1-10(2)8-13(12)9-11-6-4-3-5-7-11/h3-7,10H,8-9H2,1-2H3. The number of benzene rings is 1. The monoisotopic (exact) mass is 214 g/mol. The molecule has 0 aliphatic heterocycles. The van der Waals surface area contributed by atoms with Gasteiger partial charge < -0.3 is 0 Å². The van der Waals surface area contributed by atoms with E-state index in [2.05, 4.69) is 38.1 Å². The molecule has 0 saturated carbocycles. The summed E-state index contributed by atoms with van der Waals surface area (Å²) in [5.74, 6) is 0.715. The lowest BCUT2D eigenvalue weighted by atomic mass is 10.2. The third-order valence-electron chi connectivity index (χ3n) is 1.76. The van der Waals surface area contributed by atoms with Gasteiger partial charge >= 0.3 is 0 Å². The highest BCUT2D eigenvalue weighted by Crippen LogP contribution is 2.46. The molecule has 1 unspecified atom stereocenters. The van der Waals surface area contributed by atoms with Crippen LogP contribution in [0.2, 0.25) is 0 Å². The van der Waals surface area contributed by atoms with Crippen LogP contribution in [0.25, 0.3) is 0 Å². The molecule has 1 rings (SSSR count). The van der Waals surface area contributed by atoms with E-state index in [-0.39, 0.29) is 7.27 Å². The average Bonchev–Trinajstić information content (AvgIpc) is 2.04. The van der Waals surface area contributed by atoms with Crippen LogP contribution in [-0.4, -0.2) is 6.16 Å². The smallest absolute Gasteiger partial charge is 0.00659 e. The Morgan fingerprint density at radius 2 is 1.85 bits per heavy atom. The third kappa shape index (κ3) is 4.64. The van der Waals surface area contributed by atoms with E-state index in [9.17, 15) is 0 Å². The predicted molar refractivity (Wildman–Crippen MR) is 62.6 cm³/mol. The second-order valence-corrected chi connectivity index (χ2v) is 6.72. The first kappa shape index (κ1) is 11.0. The Morgan fingerprint density at radius 1 is 1.23 bits per heavy atom. The van der Waals surface area contributed by atoms with Gasteiger partial charge in [0.25, 0.3) is 0 Å². The van der Waals surface area contributed by atoms with Crippen LogP contribution in [0.3, 0.4) is 0 Å². The molecular weight excluding hydrogens is 199 g/mol. The van der Waals surface area contributed by atoms with Gasteiger partial charge in [-0.1, -0.05) is 55.4 Å². The molecule has 0 spiro atoms. The summed E-state index contributed by atoms with van der Waals surface area (Å²) in [6, 6.07) is 10.5. The molecule has 0 heterocycles. The molecule has 0 nitrogen and oxygen atoms in total. The van der Waals surface area contributed by atoms with Crippen molar-refractivity contribution in [1.82, 2.24) is 0 Å². The summed E-state index contributed by atoms with van der Waals surface area (Å²) >= 11 is 6.28. The van der Waals surface area contributed by atoms with Crippen molar-refractivity contribution in [2.45, 2.75) is 20.0 Å². The van der Waals surface area contributed by atoms with Crippen LogP contribution >= 0.6 is 18.5 Å². The summed E-state index contributed by atoms with van der Waals surface area (Å²) in [5.41, 5.74) is 1.37. The first-order valence-corrected chi connectivity index (χ1v) is 7.25. The van der Waals surface area contributed by atoms with Crippen LogP contribution in [0.15, 0.2) is 30.3 Å². The molecule has 1 aromatic carbocycles. The number of hydrogen-bond donors (Lipinski definition) is 0. The molecule has 0 bridgehead atoms. The number of rotatable bonds is 4. The van der Waals surface area contributed by atoms with Gasteiger partial charge in [-0.25, -0.2) is 0 Å². The van der Waals surface area contributed by atoms with Gasteiger partial charge in [-0.05, 0) is 24.9 Å². The van der Waals surface area contributed by atoms with Crippen LogP contribution in [0.4, 0.5) is 0 Å². The van der Waals surface area contributed by atoms with Gasteiger partial charge in [-0.2, -0.15) is 0 Å². The van der Waals surface area contributed by atoms with E-state index in [0.717, 1.165) is 12.3 Å². The van der Waals surface area contributed by atoms with Crippen molar-refractivity contribution in [2.75, 3.05) is 6.16 Å². The molecule has 1 atom stereocenters. The summed E-state index contributed by atoms with van der Waals surface area (Å²) in [7, 11) is -0.324. The van der Waals surface area contributed by atoms with Gasteiger partial charge in [0.1, 0.15) is 0 Å². The van der Waals surface area contributed by atoms with Gasteiger partial charge in [0.15, 0.2) is 0 Å². The van der Waals surface area contributed by atoms with E-state index >= 15 is 0 Å². The maximum atomic E-state index is 6.28. The van der Waals surface area contributed by atoms with Crippen molar-refractivity contribution in [2.24, 2.45) is 5.92 Å². The zero-order valence-electron chi connectivity index (χ0n) is 8.20. The van der Waals surface area contributed by atoms with E-state index in [1.165, 1.54) is 5.56 Å². The molecule has 0 aliphatic carbocycles. The zero-order valence-corrected chi connectivity index (χ0v) is 9.85. The minimum Gasteiger partial charge on any atom is -0.0961 e. The van der Waals surface area contributed by atoms with Crippen LogP contribution in [-0.2, 0) is 6.16 Å². The fourth-order valence-corrected chi connectivity index (χ4v) is 4.01. The summed E-state index contributed by atoms with van der Waals surface area (Å²) < 4.78 is 0. The fourth-order valence-electron chi connectivity index (χ4n) is 1.24. The summed E-state index contributed by atoms with van der Waals surface area (Å²) in [6.07, 6.45) is 2.21. The van der Waals surface area contributed by atoms with Crippen molar-refractivity contribution in [3.63, 3.8) is 0 Å². The maximum absolute atomic E-state index is 6.28. The van der Waals surface area contributed by atoms with Crippen LogP contribution < -0.4 is 0 Å². The predicted octanol–water partition coefficient (Wildman–Crippen LogP) is 4.48. The van der Waals surface area contributed by atoms with Crippen molar-refractivity contribution in [3.05, 3.63) is 35.9 Å². The zero-order chi connectivity index (χ0) is 9.68. The molecule has 0 radical (unpaired) electrons. The van der Waals surface area contributed by atoms with Crippen molar-refractivity contribution in [3.8, 4) is 0 Å². The maximum Gasteiger partial charge on any atom is 0.00659 e.